The predicted molar refractivity (Wildman–Crippen MR) is 60.5 cm³/mol. The molecule has 0 bridgehead atoms. The molecule has 0 saturated carbocycles. The number of rotatable bonds is 4. The summed E-state index contributed by atoms with van der Waals surface area (Å²) in [5.41, 5.74) is -0.129. The molecule has 4 nitrogen and oxygen atoms in total. The second kappa shape index (κ2) is 4.80. The average molecular weight is 235 g/mol. The molecule has 0 aromatic heterocycles. The first-order chi connectivity index (χ1) is 6.85. The fourth-order valence-electron chi connectivity index (χ4n) is 1.57. The Morgan fingerprint density at radius 1 is 1.33 bits per heavy atom. The van der Waals surface area contributed by atoms with E-state index in [9.17, 15) is 8.42 Å². The van der Waals surface area contributed by atoms with E-state index in [4.69, 9.17) is 5.11 Å². The lowest BCUT2D eigenvalue weighted by Crippen LogP contribution is -2.42. The SMILES string of the molecule is CC(C)(CO)CNC1CCS(=O)(=O)CC1. The summed E-state index contributed by atoms with van der Waals surface area (Å²) in [6, 6.07) is 0.291. The standard InChI is InChI=1S/C10H21NO3S/c1-10(2,8-12)7-11-9-3-5-15(13,14)6-4-9/h9,11-12H,3-8H2,1-2H3. The van der Waals surface area contributed by atoms with Crippen molar-refractivity contribution in [3.05, 3.63) is 0 Å². The average Bonchev–Trinajstić information content (AvgIpc) is 2.16. The molecular formula is C10H21NO3S. The van der Waals surface area contributed by atoms with Gasteiger partial charge in [0.05, 0.1) is 11.5 Å². The zero-order chi connectivity index (χ0) is 11.5. The van der Waals surface area contributed by atoms with Crippen molar-refractivity contribution < 1.29 is 13.5 Å². The first-order valence-corrected chi connectivity index (χ1v) is 7.21. The van der Waals surface area contributed by atoms with Crippen molar-refractivity contribution in [2.75, 3.05) is 24.7 Å². The molecule has 0 spiro atoms. The maximum absolute atomic E-state index is 11.2. The Balaban J connectivity index is 2.31. The molecule has 0 aromatic carbocycles. The second-order valence-corrected chi connectivity index (χ2v) is 7.43. The molecule has 15 heavy (non-hydrogen) atoms. The molecule has 1 fully saturated rings. The third-order valence-corrected chi connectivity index (χ3v) is 4.57. The third-order valence-electron chi connectivity index (χ3n) is 2.85. The fraction of sp³-hybridized carbons (Fsp3) is 1.00. The Labute approximate surface area is 92.0 Å². The maximum Gasteiger partial charge on any atom is 0.150 e. The Hall–Kier alpha value is -0.130. The van der Waals surface area contributed by atoms with Crippen LogP contribution in [0.15, 0.2) is 0 Å². The van der Waals surface area contributed by atoms with E-state index < -0.39 is 9.84 Å². The highest BCUT2D eigenvalue weighted by Gasteiger charge is 2.25. The van der Waals surface area contributed by atoms with E-state index in [2.05, 4.69) is 5.32 Å². The van der Waals surface area contributed by atoms with Crippen molar-refractivity contribution in [3.8, 4) is 0 Å². The predicted octanol–water partition coefficient (Wildman–Crippen LogP) is 0.172. The Kier molecular flexibility index (Phi) is 4.14. The van der Waals surface area contributed by atoms with E-state index >= 15 is 0 Å². The summed E-state index contributed by atoms with van der Waals surface area (Å²) in [5.74, 6) is 0.592. The molecule has 1 heterocycles. The summed E-state index contributed by atoms with van der Waals surface area (Å²) in [6.45, 7) is 4.85. The van der Waals surface area contributed by atoms with Gasteiger partial charge in [0.15, 0.2) is 0 Å². The van der Waals surface area contributed by atoms with E-state index in [0.717, 1.165) is 6.54 Å². The highest BCUT2D eigenvalue weighted by molar-refractivity contribution is 7.91. The van der Waals surface area contributed by atoms with Crippen molar-refractivity contribution in [3.63, 3.8) is 0 Å². The fourth-order valence-corrected chi connectivity index (χ4v) is 3.06. The molecular weight excluding hydrogens is 214 g/mol. The van der Waals surface area contributed by atoms with Gasteiger partial charge in [0.2, 0.25) is 0 Å². The van der Waals surface area contributed by atoms with Crippen LogP contribution in [0, 0.1) is 5.41 Å². The molecule has 1 saturated heterocycles. The van der Waals surface area contributed by atoms with Gasteiger partial charge in [-0.1, -0.05) is 13.8 Å². The number of aliphatic hydroxyl groups excluding tert-OH is 1. The minimum absolute atomic E-state index is 0.129. The van der Waals surface area contributed by atoms with Crippen LogP contribution in [0.25, 0.3) is 0 Å². The minimum Gasteiger partial charge on any atom is -0.396 e. The van der Waals surface area contributed by atoms with E-state index in [1.165, 1.54) is 0 Å². The van der Waals surface area contributed by atoms with Crippen LogP contribution in [0.4, 0.5) is 0 Å². The molecule has 90 valence electrons. The monoisotopic (exact) mass is 235 g/mol. The molecule has 1 aliphatic heterocycles. The number of hydrogen-bond donors (Lipinski definition) is 2. The maximum atomic E-state index is 11.2. The van der Waals surface area contributed by atoms with Crippen LogP contribution in [0.3, 0.4) is 0 Å². The van der Waals surface area contributed by atoms with Crippen LogP contribution < -0.4 is 5.32 Å². The minimum atomic E-state index is -2.76. The second-order valence-electron chi connectivity index (χ2n) is 5.13. The lowest BCUT2D eigenvalue weighted by atomic mass is 9.94. The zero-order valence-corrected chi connectivity index (χ0v) is 10.3. The van der Waals surface area contributed by atoms with Gasteiger partial charge in [-0.05, 0) is 12.8 Å². The number of aliphatic hydroxyl groups is 1. The first-order valence-electron chi connectivity index (χ1n) is 5.39. The molecule has 1 aliphatic rings. The summed E-state index contributed by atoms with van der Waals surface area (Å²) in [7, 11) is -2.76. The highest BCUT2D eigenvalue weighted by atomic mass is 32.2. The van der Waals surface area contributed by atoms with Crippen LogP contribution in [0.2, 0.25) is 0 Å². The van der Waals surface area contributed by atoms with Crippen LogP contribution in [-0.4, -0.2) is 44.2 Å². The molecule has 5 heteroatoms. The summed E-state index contributed by atoms with van der Waals surface area (Å²) in [6.07, 6.45) is 1.40. The number of sulfone groups is 1. The summed E-state index contributed by atoms with van der Waals surface area (Å²) >= 11 is 0. The lowest BCUT2D eigenvalue weighted by molar-refractivity contribution is 0.152. The molecule has 2 N–H and O–H groups in total. The van der Waals surface area contributed by atoms with Crippen LogP contribution in [0.5, 0.6) is 0 Å². The molecule has 0 radical (unpaired) electrons. The lowest BCUT2D eigenvalue weighted by Gasteiger charge is -2.28. The molecule has 0 amide bonds. The molecule has 0 atom stereocenters. The van der Waals surface area contributed by atoms with Gasteiger partial charge in [-0.2, -0.15) is 0 Å². The van der Waals surface area contributed by atoms with Crippen molar-refractivity contribution in [2.24, 2.45) is 5.41 Å². The number of hydrogen-bond acceptors (Lipinski definition) is 4. The molecule has 0 unspecified atom stereocenters. The van der Waals surface area contributed by atoms with E-state index in [1.807, 2.05) is 13.8 Å². The Morgan fingerprint density at radius 2 is 1.87 bits per heavy atom. The Bertz CT molecular complexity index is 284. The molecule has 0 aliphatic carbocycles. The summed E-state index contributed by atoms with van der Waals surface area (Å²) in [5, 5.41) is 12.4. The third kappa shape index (κ3) is 4.49. The van der Waals surface area contributed by atoms with E-state index in [-0.39, 0.29) is 12.0 Å². The summed E-state index contributed by atoms with van der Waals surface area (Å²) in [4.78, 5) is 0. The van der Waals surface area contributed by atoms with Crippen molar-refractivity contribution in [1.82, 2.24) is 5.32 Å². The van der Waals surface area contributed by atoms with Gasteiger partial charge in [-0.25, -0.2) is 8.42 Å². The van der Waals surface area contributed by atoms with Crippen LogP contribution >= 0.6 is 0 Å². The Morgan fingerprint density at radius 3 is 2.33 bits per heavy atom. The quantitative estimate of drug-likeness (QED) is 0.729. The number of nitrogens with one attached hydrogen (secondary N) is 1. The first kappa shape index (κ1) is 12.9. The van der Waals surface area contributed by atoms with E-state index in [1.54, 1.807) is 0 Å². The van der Waals surface area contributed by atoms with Crippen molar-refractivity contribution >= 4 is 9.84 Å². The van der Waals surface area contributed by atoms with Crippen molar-refractivity contribution in [1.29, 1.82) is 0 Å². The van der Waals surface area contributed by atoms with Gasteiger partial charge in [-0.3, -0.25) is 0 Å². The largest absolute Gasteiger partial charge is 0.396 e. The van der Waals surface area contributed by atoms with Gasteiger partial charge in [0.25, 0.3) is 0 Å². The molecule has 1 rings (SSSR count). The zero-order valence-electron chi connectivity index (χ0n) is 9.49. The topological polar surface area (TPSA) is 66.4 Å². The molecule has 0 aromatic rings. The van der Waals surface area contributed by atoms with Crippen LogP contribution in [0.1, 0.15) is 26.7 Å². The smallest absolute Gasteiger partial charge is 0.150 e. The van der Waals surface area contributed by atoms with Gasteiger partial charge >= 0.3 is 0 Å². The van der Waals surface area contributed by atoms with Gasteiger partial charge in [-0.15, -0.1) is 0 Å². The van der Waals surface area contributed by atoms with Gasteiger partial charge in [0.1, 0.15) is 9.84 Å². The van der Waals surface area contributed by atoms with Gasteiger partial charge in [0, 0.05) is 24.6 Å². The van der Waals surface area contributed by atoms with Gasteiger partial charge < -0.3 is 10.4 Å². The van der Waals surface area contributed by atoms with Crippen molar-refractivity contribution in [2.45, 2.75) is 32.7 Å². The van der Waals surface area contributed by atoms with E-state index in [0.29, 0.717) is 30.4 Å². The normalized spacial score (nSPS) is 22.9. The highest BCUT2D eigenvalue weighted by Crippen LogP contribution is 2.16. The summed E-state index contributed by atoms with van der Waals surface area (Å²) < 4.78 is 22.4. The van der Waals surface area contributed by atoms with Crippen LogP contribution in [-0.2, 0) is 9.84 Å².